The van der Waals surface area contributed by atoms with Crippen LogP contribution in [0.3, 0.4) is 0 Å². The third-order valence-electron chi connectivity index (χ3n) is 5.63. The lowest BCUT2D eigenvalue weighted by atomic mass is 9.75. The van der Waals surface area contributed by atoms with Gasteiger partial charge in [-0.3, -0.25) is 0 Å². The highest BCUT2D eigenvalue weighted by Crippen LogP contribution is 2.46. The van der Waals surface area contributed by atoms with E-state index in [-0.39, 0.29) is 11.8 Å². The van der Waals surface area contributed by atoms with E-state index in [2.05, 4.69) is 75.4 Å². The molecule has 0 fully saturated rings. The Labute approximate surface area is 174 Å². The molecule has 1 aliphatic heterocycles. The van der Waals surface area contributed by atoms with Gasteiger partial charge in [-0.15, -0.1) is 0 Å². The van der Waals surface area contributed by atoms with Gasteiger partial charge in [-0.1, -0.05) is 67.9 Å². The predicted molar refractivity (Wildman–Crippen MR) is 121 cm³/mol. The summed E-state index contributed by atoms with van der Waals surface area (Å²) in [5.41, 5.74) is 13.2. The highest BCUT2D eigenvalue weighted by molar-refractivity contribution is 5.51. The number of nitrogens with two attached hydrogens (primary N) is 1. The van der Waals surface area contributed by atoms with Crippen LogP contribution in [0.15, 0.2) is 66.7 Å². The minimum absolute atomic E-state index is 0.261. The summed E-state index contributed by atoms with van der Waals surface area (Å²) in [6.45, 7) is 7.27. The van der Waals surface area contributed by atoms with E-state index in [9.17, 15) is 0 Å². The number of benzene rings is 3. The van der Waals surface area contributed by atoms with E-state index in [1.807, 2.05) is 12.1 Å². The van der Waals surface area contributed by atoms with Gasteiger partial charge < -0.3 is 15.6 Å². The van der Waals surface area contributed by atoms with Gasteiger partial charge in [0.2, 0.25) is 0 Å². The molecule has 0 spiro atoms. The van der Waals surface area contributed by atoms with E-state index in [0.29, 0.717) is 12.5 Å². The van der Waals surface area contributed by atoms with Gasteiger partial charge in [-0.25, -0.2) is 0 Å². The Morgan fingerprint density at radius 2 is 1.66 bits per heavy atom. The maximum absolute atomic E-state index is 7.00. The molecule has 29 heavy (non-hydrogen) atoms. The number of fused-ring (bicyclic) bond motifs is 1. The molecule has 0 aliphatic carbocycles. The zero-order valence-electron chi connectivity index (χ0n) is 17.7. The summed E-state index contributed by atoms with van der Waals surface area (Å²) < 4.78 is 6.27. The number of aliphatic hydroxyl groups excluding tert-OH is 1. The minimum atomic E-state index is 0.261. The Balaban J connectivity index is 0.00000117. The van der Waals surface area contributed by atoms with Gasteiger partial charge in [0.15, 0.2) is 0 Å². The summed E-state index contributed by atoms with van der Waals surface area (Å²) in [5, 5.41) is 7.00. The lowest BCUT2D eigenvalue weighted by Gasteiger charge is -2.35. The lowest BCUT2D eigenvalue weighted by Crippen LogP contribution is -2.25. The average Bonchev–Trinajstić information content (AvgIpc) is 2.74. The number of anilines is 1. The first kappa shape index (κ1) is 20.9. The Kier molecular flexibility index (Phi) is 6.60. The molecule has 0 radical (unpaired) electrons. The lowest BCUT2D eigenvalue weighted by molar-refractivity contribution is 0.248. The van der Waals surface area contributed by atoms with Crippen molar-refractivity contribution >= 4 is 5.69 Å². The number of hydrogen-bond acceptors (Lipinski definition) is 3. The van der Waals surface area contributed by atoms with Crippen LogP contribution in [0, 0.1) is 6.92 Å². The molecule has 4 rings (SSSR count). The van der Waals surface area contributed by atoms with Crippen molar-refractivity contribution in [3.8, 4) is 5.75 Å². The quantitative estimate of drug-likeness (QED) is 0.572. The molecular weight excluding hydrogens is 358 g/mol. The number of ether oxygens (including phenoxy) is 1. The van der Waals surface area contributed by atoms with Crippen LogP contribution < -0.4 is 10.5 Å². The Morgan fingerprint density at radius 3 is 2.31 bits per heavy atom. The van der Waals surface area contributed by atoms with Crippen LogP contribution in [0.4, 0.5) is 5.69 Å². The fraction of sp³-hybridized carbons (Fsp3) is 0.308. The van der Waals surface area contributed by atoms with Crippen molar-refractivity contribution in [1.82, 2.24) is 0 Å². The number of nitrogen functional groups attached to an aromatic ring is 1. The fourth-order valence-electron chi connectivity index (χ4n) is 4.09. The van der Waals surface area contributed by atoms with Crippen LogP contribution in [-0.2, 0) is 0 Å². The molecule has 3 nitrogen and oxygen atoms in total. The normalized spacial score (nSPS) is 17.7. The molecule has 1 heterocycles. The summed E-state index contributed by atoms with van der Waals surface area (Å²) in [7, 11) is 1.00. The summed E-state index contributed by atoms with van der Waals surface area (Å²) in [5.74, 6) is 2.05. The Bertz CT molecular complexity index is 947. The fourth-order valence-corrected chi connectivity index (χ4v) is 4.09. The maximum atomic E-state index is 7.00. The first-order valence-electron chi connectivity index (χ1n) is 10.2. The predicted octanol–water partition coefficient (Wildman–Crippen LogP) is 5.62. The van der Waals surface area contributed by atoms with Gasteiger partial charge in [0, 0.05) is 30.2 Å². The molecule has 3 N–H and O–H groups in total. The maximum Gasteiger partial charge on any atom is 0.123 e. The van der Waals surface area contributed by atoms with E-state index < -0.39 is 0 Å². The molecule has 0 amide bonds. The zero-order valence-corrected chi connectivity index (χ0v) is 17.7. The van der Waals surface area contributed by atoms with E-state index in [1.54, 1.807) is 0 Å². The topological polar surface area (TPSA) is 55.5 Å². The molecule has 0 saturated carbocycles. The molecule has 152 valence electrons. The molecule has 0 bridgehead atoms. The molecule has 2 unspecified atom stereocenters. The third kappa shape index (κ3) is 4.46. The van der Waals surface area contributed by atoms with Crippen molar-refractivity contribution in [1.29, 1.82) is 0 Å². The van der Waals surface area contributed by atoms with E-state index in [1.165, 1.54) is 27.8 Å². The van der Waals surface area contributed by atoms with Crippen LogP contribution >= 0.6 is 0 Å². The molecule has 3 aromatic carbocycles. The molecule has 3 aromatic rings. The number of hydrogen-bond donors (Lipinski definition) is 2. The van der Waals surface area contributed by atoms with E-state index in [4.69, 9.17) is 15.6 Å². The van der Waals surface area contributed by atoms with Crippen molar-refractivity contribution in [3.05, 3.63) is 94.5 Å². The Hall–Kier alpha value is -2.78. The van der Waals surface area contributed by atoms with Gasteiger partial charge in [0.1, 0.15) is 5.75 Å². The molecule has 0 saturated heterocycles. The number of aryl methyl sites for hydroxylation is 1. The standard InChI is InChI=1S/C25H27NO.CH4O/c1-16(2)19-9-12-22-24(14-19)27-15-23(20-6-4-5-17(3)13-20)25(22)18-7-10-21(26)11-8-18;1-2/h4-14,16,23,25H,15,26H2,1-3H3;2H,1H3. The molecule has 2 atom stereocenters. The van der Waals surface area contributed by atoms with Crippen LogP contribution in [0.1, 0.15) is 59.4 Å². The van der Waals surface area contributed by atoms with Gasteiger partial charge >= 0.3 is 0 Å². The second-order valence-corrected chi connectivity index (χ2v) is 7.93. The second kappa shape index (κ2) is 9.15. The summed E-state index contributed by atoms with van der Waals surface area (Å²) >= 11 is 0. The van der Waals surface area contributed by atoms with E-state index in [0.717, 1.165) is 18.5 Å². The van der Waals surface area contributed by atoms with Crippen molar-refractivity contribution in [2.45, 2.75) is 38.5 Å². The van der Waals surface area contributed by atoms with Crippen LogP contribution in [0.5, 0.6) is 5.75 Å². The van der Waals surface area contributed by atoms with Crippen LogP contribution in [0.25, 0.3) is 0 Å². The van der Waals surface area contributed by atoms with Crippen molar-refractivity contribution in [2.24, 2.45) is 0 Å². The van der Waals surface area contributed by atoms with Gasteiger partial charge in [-0.05, 0) is 47.7 Å². The van der Waals surface area contributed by atoms with Crippen LogP contribution in [-0.4, -0.2) is 18.8 Å². The average molecular weight is 390 g/mol. The molecule has 3 heteroatoms. The highest BCUT2D eigenvalue weighted by atomic mass is 16.5. The summed E-state index contributed by atoms with van der Waals surface area (Å²) in [6, 6.07) is 23.8. The summed E-state index contributed by atoms with van der Waals surface area (Å²) in [4.78, 5) is 0. The monoisotopic (exact) mass is 389 g/mol. The van der Waals surface area contributed by atoms with Crippen molar-refractivity contribution < 1.29 is 9.84 Å². The second-order valence-electron chi connectivity index (χ2n) is 7.93. The third-order valence-corrected chi connectivity index (χ3v) is 5.63. The van der Waals surface area contributed by atoms with Crippen LogP contribution in [0.2, 0.25) is 0 Å². The SMILES string of the molecule is CO.Cc1cccc(C2COc3cc(C(C)C)ccc3C2c2ccc(N)cc2)c1. The van der Waals surface area contributed by atoms with Gasteiger partial charge in [-0.2, -0.15) is 0 Å². The first-order chi connectivity index (χ1) is 14.0. The largest absolute Gasteiger partial charge is 0.493 e. The molecule has 1 aliphatic rings. The Morgan fingerprint density at radius 1 is 0.931 bits per heavy atom. The van der Waals surface area contributed by atoms with Gasteiger partial charge in [0.25, 0.3) is 0 Å². The smallest absolute Gasteiger partial charge is 0.123 e. The highest BCUT2D eigenvalue weighted by Gasteiger charge is 2.33. The van der Waals surface area contributed by atoms with E-state index >= 15 is 0 Å². The zero-order chi connectivity index (χ0) is 21.0. The van der Waals surface area contributed by atoms with Crippen molar-refractivity contribution in [2.75, 3.05) is 19.5 Å². The molecule has 0 aromatic heterocycles. The number of aliphatic hydroxyl groups is 1. The minimum Gasteiger partial charge on any atom is -0.493 e. The van der Waals surface area contributed by atoms with Gasteiger partial charge in [0.05, 0.1) is 6.61 Å². The summed E-state index contributed by atoms with van der Waals surface area (Å²) in [6.07, 6.45) is 0. The number of rotatable bonds is 3. The van der Waals surface area contributed by atoms with Crippen molar-refractivity contribution in [3.63, 3.8) is 0 Å². The first-order valence-corrected chi connectivity index (χ1v) is 10.2. The molecular formula is C26H31NO2.